The van der Waals surface area contributed by atoms with Crippen molar-refractivity contribution in [2.75, 3.05) is 19.5 Å². The topological polar surface area (TPSA) is 47.6 Å². The average Bonchev–Trinajstić information content (AvgIpc) is 2.57. The third-order valence-electron chi connectivity index (χ3n) is 3.08. The quantitative estimate of drug-likeness (QED) is 0.814. The fourth-order valence-corrected chi connectivity index (χ4v) is 2.15. The lowest BCUT2D eigenvalue weighted by atomic mass is 10.1. The largest absolute Gasteiger partial charge is 0.493 e. The van der Waals surface area contributed by atoms with Gasteiger partial charge in [0.25, 0.3) is 0 Å². The maximum Gasteiger partial charge on any atom is 0.162 e. The highest BCUT2D eigenvalue weighted by Crippen LogP contribution is 2.35. The molecular formula is C13H17NO3. The van der Waals surface area contributed by atoms with Crippen LogP contribution in [0.15, 0.2) is 12.1 Å². The van der Waals surface area contributed by atoms with Crippen LogP contribution in [0.1, 0.15) is 18.4 Å². The van der Waals surface area contributed by atoms with Crippen molar-refractivity contribution in [2.24, 2.45) is 0 Å². The van der Waals surface area contributed by atoms with Crippen LogP contribution < -0.4 is 14.8 Å². The van der Waals surface area contributed by atoms with Crippen molar-refractivity contribution in [1.82, 2.24) is 0 Å². The zero-order valence-electron chi connectivity index (χ0n) is 10.2. The van der Waals surface area contributed by atoms with Gasteiger partial charge in [0.15, 0.2) is 11.5 Å². The number of rotatable bonds is 3. The van der Waals surface area contributed by atoms with Crippen LogP contribution in [0.2, 0.25) is 0 Å². The van der Waals surface area contributed by atoms with Crippen molar-refractivity contribution in [1.29, 1.82) is 0 Å². The predicted octanol–water partition coefficient (Wildman–Crippen LogP) is 2.02. The first-order valence-corrected chi connectivity index (χ1v) is 5.75. The molecule has 0 aliphatic carbocycles. The van der Waals surface area contributed by atoms with Crippen LogP contribution in [-0.4, -0.2) is 26.5 Å². The number of aryl methyl sites for hydroxylation is 1. The number of nitrogens with one attached hydrogen (secondary N) is 1. The van der Waals surface area contributed by atoms with Crippen LogP contribution in [0.5, 0.6) is 11.5 Å². The summed E-state index contributed by atoms with van der Waals surface area (Å²) in [5.74, 6) is 1.42. The molecule has 1 aliphatic rings. The van der Waals surface area contributed by atoms with Crippen molar-refractivity contribution < 1.29 is 14.3 Å². The van der Waals surface area contributed by atoms with Gasteiger partial charge in [0.2, 0.25) is 0 Å². The fraction of sp³-hybridized carbons (Fsp3) is 0.462. The summed E-state index contributed by atoms with van der Waals surface area (Å²) in [4.78, 5) is 10.9. The molecule has 1 atom stereocenters. The van der Waals surface area contributed by atoms with Gasteiger partial charge >= 0.3 is 0 Å². The van der Waals surface area contributed by atoms with Gasteiger partial charge in [-0.3, -0.25) is 0 Å². The number of hydrogen-bond donors (Lipinski definition) is 1. The van der Waals surface area contributed by atoms with Crippen LogP contribution >= 0.6 is 0 Å². The number of methoxy groups -OCH3 is 2. The van der Waals surface area contributed by atoms with E-state index >= 15 is 0 Å². The Bertz CT molecular complexity index is 417. The number of ether oxygens (including phenoxy) is 2. The molecule has 4 nitrogen and oxygen atoms in total. The van der Waals surface area contributed by atoms with E-state index in [2.05, 4.69) is 5.32 Å². The van der Waals surface area contributed by atoms with Gasteiger partial charge in [-0.1, -0.05) is 0 Å². The lowest BCUT2D eigenvalue weighted by Gasteiger charge is -2.15. The van der Waals surface area contributed by atoms with Gasteiger partial charge in [-0.05, 0) is 30.9 Å². The number of aldehydes is 1. The molecule has 17 heavy (non-hydrogen) atoms. The minimum absolute atomic E-state index is 0.102. The second-order valence-electron chi connectivity index (χ2n) is 4.14. The van der Waals surface area contributed by atoms with Crippen molar-refractivity contribution >= 4 is 12.0 Å². The van der Waals surface area contributed by atoms with Crippen LogP contribution in [0.3, 0.4) is 0 Å². The van der Waals surface area contributed by atoms with Crippen LogP contribution in [0.4, 0.5) is 5.69 Å². The van der Waals surface area contributed by atoms with E-state index in [0.29, 0.717) is 5.75 Å². The van der Waals surface area contributed by atoms with Gasteiger partial charge in [-0.15, -0.1) is 0 Å². The van der Waals surface area contributed by atoms with Gasteiger partial charge in [0, 0.05) is 11.8 Å². The summed E-state index contributed by atoms with van der Waals surface area (Å²) in [6.45, 7) is 0. The summed E-state index contributed by atoms with van der Waals surface area (Å²) < 4.78 is 10.5. The second kappa shape index (κ2) is 5.08. The Balaban J connectivity index is 2.39. The molecular weight excluding hydrogens is 218 g/mol. The Morgan fingerprint density at radius 3 is 2.65 bits per heavy atom. The molecule has 1 aliphatic heterocycles. The summed E-state index contributed by atoms with van der Waals surface area (Å²) in [5.41, 5.74) is 2.14. The van der Waals surface area contributed by atoms with Crippen molar-refractivity contribution in [3.8, 4) is 11.5 Å². The number of carbonyl (C=O) groups excluding carboxylic acids is 1. The van der Waals surface area contributed by atoms with E-state index < -0.39 is 0 Å². The van der Waals surface area contributed by atoms with E-state index in [1.54, 1.807) is 14.2 Å². The smallest absolute Gasteiger partial charge is 0.162 e. The molecule has 1 aromatic carbocycles. The van der Waals surface area contributed by atoms with E-state index in [1.165, 1.54) is 5.56 Å². The molecule has 1 N–H and O–H groups in total. The van der Waals surface area contributed by atoms with Gasteiger partial charge in [-0.25, -0.2) is 0 Å². The summed E-state index contributed by atoms with van der Waals surface area (Å²) in [7, 11) is 3.24. The maximum absolute atomic E-state index is 10.9. The van der Waals surface area contributed by atoms with Gasteiger partial charge in [-0.2, -0.15) is 0 Å². The third kappa shape index (κ3) is 2.35. The van der Waals surface area contributed by atoms with E-state index in [-0.39, 0.29) is 6.04 Å². The van der Waals surface area contributed by atoms with Crippen LogP contribution in [0, 0.1) is 0 Å². The molecule has 0 radical (unpaired) electrons. The van der Waals surface area contributed by atoms with Crippen molar-refractivity contribution in [3.63, 3.8) is 0 Å². The Morgan fingerprint density at radius 2 is 2.00 bits per heavy atom. The second-order valence-corrected chi connectivity index (χ2v) is 4.14. The molecule has 0 aromatic heterocycles. The maximum atomic E-state index is 10.9. The van der Waals surface area contributed by atoms with Crippen LogP contribution in [0.25, 0.3) is 0 Å². The highest BCUT2D eigenvalue weighted by molar-refractivity contribution is 5.69. The SMILES string of the molecule is COc1cc2c(cc1OC)NC(C=O)CCC2. The summed E-state index contributed by atoms with van der Waals surface area (Å²) in [6.07, 6.45) is 3.78. The zero-order valence-corrected chi connectivity index (χ0v) is 10.2. The number of carbonyl (C=O) groups is 1. The minimum atomic E-state index is -0.102. The van der Waals surface area contributed by atoms with Gasteiger partial charge < -0.3 is 19.6 Å². The number of benzene rings is 1. The third-order valence-corrected chi connectivity index (χ3v) is 3.08. The lowest BCUT2D eigenvalue weighted by molar-refractivity contribution is -0.108. The summed E-state index contributed by atoms with van der Waals surface area (Å²) in [5, 5.41) is 3.23. The number of anilines is 1. The fourth-order valence-electron chi connectivity index (χ4n) is 2.15. The lowest BCUT2D eigenvalue weighted by Crippen LogP contribution is -2.19. The molecule has 1 aromatic rings. The molecule has 0 fully saturated rings. The van der Waals surface area contributed by atoms with Crippen LogP contribution in [-0.2, 0) is 11.2 Å². The Morgan fingerprint density at radius 1 is 1.29 bits per heavy atom. The first kappa shape index (κ1) is 11.8. The molecule has 0 saturated carbocycles. The monoisotopic (exact) mass is 235 g/mol. The molecule has 0 spiro atoms. The number of hydrogen-bond acceptors (Lipinski definition) is 4. The van der Waals surface area contributed by atoms with E-state index in [1.807, 2.05) is 12.1 Å². The first-order valence-electron chi connectivity index (χ1n) is 5.75. The van der Waals surface area contributed by atoms with E-state index in [4.69, 9.17) is 9.47 Å². The molecule has 2 rings (SSSR count). The molecule has 0 bridgehead atoms. The highest BCUT2D eigenvalue weighted by Gasteiger charge is 2.17. The van der Waals surface area contributed by atoms with E-state index in [0.717, 1.165) is 37.0 Å². The molecule has 1 unspecified atom stereocenters. The Labute approximate surface area is 101 Å². The highest BCUT2D eigenvalue weighted by atomic mass is 16.5. The van der Waals surface area contributed by atoms with Gasteiger partial charge in [0.05, 0.1) is 20.3 Å². The molecule has 1 heterocycles. The average molecular weight is 235 g/mol. The zero-order chi connectivity index (χ0) is 12.3. The van der Waals surface area contributed by atoms with Crippen molar-refractivity contribution in [2.45, 2.75) is 25.3 Å². The Kier molecular flexibility index (Phi) is 3.52. The van der Waals surface area contributed by atoms with Gasteiger partial charge in [0.1, 0.15) is 6.29 Å². The standard InChI is InChI=1S/C13H17NO3/c1-16-12-6-9-4-3-5-10(8-15)14-11(9)7-13(12)17-2/h6-8,10,14H,3-5H2,1-2H3. The summed E-state index contributed by atoms with van der Waals surface area (Å²) in [6, 6.07) is 3.78. The minimum Gasteiger partial charge on any atom is -0.493 e. The van der Waals surface area contributed by atoms with E-state index in [9.17, 15) is 4.79 Å². The normalized spacial score (nSPS) is 18.6. The molecule has 0 amide bonds. The van der Waals surface area contributed by atoms with Crippen molar-refractivity contribution in [3.05, 3.63) is 17.7 Å². The Hall–Kier alpha value is -1.71. The molecule has 4 heteroatoms. The molecule has 0 saturated heterocycles. The number of fused-ring (bicyclic) bond motifs is 1. The summed E-state index contributed by atoms with van der Waals surface area (Å²) >= 11 is 0. The first-order chi connectivity index (χ1) is 8.28. The predicted molar refractivity (Wildman–Crippen MR) is 66.0 cm³/mol. The molecule has 92 valence electrons.